The number of carbonyl (C=O) groups excluding carboxylic acids is 2. The SMILES string of the molecule is Cc1ccccc1C(=O)NC1CCN(C(=O)[C@@H](N)CC(C)C)CC1.Cl. The average Bonchev–Trinajstić information content (AvgIpc) is 2.54. The number of likely N-dealkylation sites (tertiary alicyclic amines) is 1. The standard InChI is InChI=1S/C19H29N3O2.ClH/c1-13(2)12-17(20)19(24)22-10-8-15(9-11-22)21-18(23)16-7-5-4-6-14(16)3;/h4-7,13,15,17H,8-12,20H2,1-3H3,(H,21,23);1H/t17-;/m0./s1. The molecular formula is C19H30ClN3O2. The van der Waals surface area contributed by atoms with Crippen molar-refractivity contribution in [1.82, 2.24) is 10.2 Å². The van der Waals surface area contributed by atoms with Crippen LogP contribution in [0.1, 0.15) is 49.0 Å². The lowest BCUT2D eigenvalue weighted by molar-refractivity contribution is -0.134. The largest absolute Gasteiger partial charge is 0.349 e. The van der Waals surface area contributed by atoms with Gasteiger partial charge in [0, 0.05) is 24.7 Å². The average molecular weight is 368 g/mol. The molecule has 1 fully saturated rings. The van der Waals surface area contributed by atoms with Crippen molar-refractivity contribution in [1.29, 1.82) is 0 Å². The minimum atomic E-state index is -0.414. The molecule has 5 nitrogen and oxygen atoms in total. The molecule has 1 atom stereocenters. The second-order valence-electron chi connectivity index (χ2n) is 7.12. The molecule has 2 amide bonds. The predicted molar refractivity (Wildman–Crippen MR) is 103 cm³/mol. The van der Waals surface area contributed by atoms with Gasteiger partial charge in [0.1, 0.15) is 0 Å². The molecule has 0 unspecified atom stereocenters. The third-order valence-corrected chi connectivity index (χ3v) is 4.57. The highest BCUT2D eigenvalue weighted by Gasteiger charge is 2.27. The molecule has 0 radical (unpaired) electrons. The van der Waals surface area contributed by atoms with Gasteiger partial charge in [-0.2, -0.15) is 0 Å². The Morgan fingerprint density at radius 2 is 1.84 bits per heavy atom. The van der Waals surface area contributed by atoms with Gasteiger partial charge in [0.25, 0.3) is 5.91 Å². The van der Waals surface area contributed by atoms with E-state index in [0.29, 0.717) is 25.4 Å². The van der Waals surface area contributed by atoms with Gasteiger partial charge in [-0.1, -0.05) is 32.0 Å². The fourth-order valence-electron chi connectivity index (χ4n) is 3.18. The number of nitrogens with two attached hydrogens (primary N) is 1. The van der Waals surface area contributed by atoms with E-state index in [4.69, 9.17) is 5.73 Å². The Hall–Kier alpha value is -1.59. The second-order valence-corrected chi connectivity index (χ2v) is 7.12. The first kappa shape index (κ1) is 21.5. The van der Waals surface area contributed by atoms with Gasteiger partial charge in [0.05, 0.1) is 6.04 Å². The van der Waals surface area contributed by atoms with Crippen molar-refractivity contribution in [2.24, 2.45) is 11.7 Å². The molecule has 6 heteroatoms. The van der Waals surface area contributed by atoms with E-state index >= 15 is 0 Å². The topological polar surface area (TPSA) is 75.4 Å². The zero-order valence-electron chi connectivity index (χ0n) is 15.3. The molecule has 2 rings (SSSR count). The number of amides is 2. The van der Waals surface area contributed by atoms with Crippen LogP contribution in [0.2, 0.25) is 0 Å². The highest BCUT2D eigenvalue weighted by atomic mass is 35.5. The van der Waals surface area contributed by atoms with Crippen molar-refractivity contribution in [3.63, 3.8) is 0 Å². The van der Waals surface area contributed by atoms with E-state index in [1.165, 1.54) is 0 Å². The van der Waals surface area contributed by atoms with Crippen LogP contribution in [0.5, 0.6) is 0 Å². The number of halogens is 1. The Morgan fingerprint density at radius 3 is 2.40 bits per heavy atom. The third-order valence-electron chi connectivity index (χ3n) is 4.57. The summed E-state index contributed by atoms with van der Waals surface area (Å²) in [6, 6.07) is 7.28. The van der Waals surface area contributed by atoms with E-state index in [1.807, 2.05) is 36.1 Å². The smallest absolute Gasteiger partial charge is 0.251 e. The summed E-state index contributed by atoms with van der Waals surface area (Å²) in [4.78, 5) is 26.5. The Kier molecular flexibility index (Phi) is 8.39. The Balaban J connectivity index is 0.00000312. The molecule has 0 spiro atoms. The molecule has 0 saturated carbocycles. The number of rotatable bonds is 5. The van der Waals surface area contributed by atoms with Gasteiger partial charge in [0.15, 0.2) is 0 Å². The molecule has 1 saturated heterocycles. The summed E-state index contributed by atoms with van der Waals surface area (Å²) in [5, 5.41) is 3.09. The van der Waals surface area contributed by atoms with Crippen LogP contribution in [0.3, 0.4) is 0 Å². The van der Waals surface area contributed by atoms with Crippen molar-refractivity contribution in [2.75, 3.05) is 13.1 Å². The number of nitrogens with zero attached hydrogens (tertiary/aromatic N) is 1. The molecule has 1 aromatic rings. The third kappa shape index (κ3) is 6.01. The minimum Gasteiger partial charge on any atom is -0.349 e. The Bertz CT molecular complexity index is 584. The van der Waals surface area contributed by atoms with Crippen molar-refractivity contribution < 1.29 is 9.59 Å². The summed E-state index contributed by atoms with van der Waals surface area (Å²) in [5.41, 5.74) is 7.69. The maximum absolute atomic E-state index is 12.4. The first-order valence-corrected chi connectivity index (χ1v) is 8.79. The van der Waals surface area contributed by atoms with Crippen LogP contribution in [-0.4, -0.2) is 41.9 Å². The maximum atomic E-state index is 12.4. The Morgan fingerprint density at radius 1 is 1.24 bits per heavy atom. The zero-order valence-corrected chi connectivity index (χ0v) is 16.1. The molecule has 1 aromatic carbocycles. The second kappa shape index (κ2) is 9.78. The van der Waals surface area contributed by atoms with Crippen LogP contribution in [-0.2, 0) is 4.79 Å². The van der Waals surface area contributed by atoms with Crippen molar-refractivity contribution in [2.45, 2.75) is 52.1 Å². The predicted octanol–water partition coefficient (Wildman–Crippen LogP) is 2.51. The van der Waals surface area contributed by atoms with Crippen LogP contribution >= 0.6 is 12.4 Å². The maximum Gasteiger partial charge on any atom is 0.251 e. The summed E-state index contributed by atoms with van der Waals surface area (Å²) < 4.78 is 0. The lowest BCUT2D eigenvalue weighted by Crippen LogP contribution is -2.51. The van der Waals surface area contributed by atoms with Gasteiger partial charge >= 0.3 is 0 Å². The molecule has 3 N–H and O–H groups in total. The molecule has 1 aliphatic rings. The Labute approximate surface area is 156 Å². The van der Waals surface area contributed by atoms with Crippen LogP contribution < -0.4 is 11.1 Å². The summed E-state index contributed by atoms with van der Waals surface area (Å²) in [6.07, 6.45) is 2.26. The summed E-state index contributed by atoms with van der Waals surface area (Å²) in [5.74, 6) is 0.414. The van der Waals surface area contributed by atoms with Crippen LogP contribution in [0.15, 0.2) is 24.3 Å². The van der Waals surface area contributed by atoms with Crippen molar-refractivity contribution in [3.8, 4) is 0 Å². The van der Waals surface area contributed by atoms with Crippen molar-refractivity contribution >= 4 is 24.2 Å². The number of benzene rings is 1. The van der Waals surface area contributed by atoms with E-state index in [0.717, 1.165) is 24.0 Å². The van der Waals surface area contributed by atoms with Gasteiger partial charge in [0.2, 0.25) is 5.91 Å². The molecular weight excluding hydrogens is 338 g/mol. The molecule has 1 heterocycles. The molecule has 0 aromatic heterocycles. The van der Waals surface area contributed by atoms with Gasteiger partial charge in [-0.05, 0) is 43.7 Å². The normalized spacial score (nSPS) is 16.3. The quantitative estimate of drug-likeness (QED) is 0.839. The molecule has 1 aliphatic heterocycles. The fourth-order valence-corrected chi connectivity index (χ4v) is 3.18. The number of nitrogens with one attached hydrogen (secondary N) is 1. The van der Waals surface area contributed by atoms with E-state index in [1.54, 1.807) is 0 Å². The lowest BCUT2D eigenvalue weighted by Gasteiger charge is -2.34. The number of aryl methyl sites for hydroxylation is 1. The lowest BCUT2D eigenvalue weighted by atomic mass is 10.00. The van der Waals surface area contributed by atoms with Gasteiger partial charge in [-0.3, -0.25) is 9.59 Å². The number of carbonyl (C=O) groups is 2. The summed E-state index contributed by atoms with van der Waals surface area (Å²) >= 11 is 0. The van der Waals surface area contributed by atoms with Crippen molar-refractivity contribution in [3.05, 3.63) is 35.4 Å². The van der Waals surface area contributed by atoms with E-state index in [-0.39, 0.29) is 30.3 Å². The number of hydrogen-bond acceptors (Lipinski definition) is 3. The van der Waals surface area contributed by atoms with E-state index < -0.39 is 6.04 Å². The van der Waals surface area contributed by atoms with Gasteiger partial charge in [-0.25, -0.2) is 0 Å². The minimum absolute atomic E-state index is 0. The molecule has 25 heavy (non-hydrogen) atoms. The first-order valence-electron chi connectivity index (χ1n) is 8.79. The molecule has 0 aliphatic carbocycles. The highest BCUT2D eigenvalue weighted by Crippen LogP contribution is 2.15. The molecule has 0 bridgehead atoms. The summed E-state index contributed by atoms with van der Waals surface area (Å²) in [7, 11) is 0. The molecule has 140 valence electrons. The monoisotopic (exact) mass is 367 g/mol. The van der Waals surface area contributed by atoms with Crippen LogP contribution in [0.4, 0.5) is 0 Å². The van der Waals surface area contributed by atoms with E-state index in [9.17, 15) is 9.59 Å². The van der Waals surface area contributed by atoms with Gasteiger partial charge in [-0.15, -0.1) is 12.4 Å². The zero-order chi connectivity index (χ0) is 17.7. The van der Waals surface area contributed by atoms with Crippen LogP contribution in [0.25, 0.3) is 0 Å². The number of piperidine rings is 1. The van der Waals surface area contributed by atoms with Crippen LogP contribution in [0, 0.1) is 12.8 Å². The highest BCUT2D eigenvalue weighted by molar-refractivity contribution is 5.95. The first-order chi connectivity index (χ1) is 11.4. The number of hydrogen-bond donors (Lipinski definition) is 2. The van der Waals surface area contributed by atoms with Gasteiger partial charge < -0.3 is 16.0 Å². The summed E-state index contributed by atoms with van der Waals surface area (Å²) in [6.45, 7) is 7.39. The fraction of sp³-hybridized carbons (Fsp3) is 0.579. The van der Waals surface area contributed by atoms with E-state index in [2.05, 4.69) is 19.2 Å².